The number of hydrogen-bond acceptors (Lipinski definition) is 10. The first-order valence-electron chi connectivity index (χ1n) is 14.5. The van der Waals surface area contributed by atoms with E-state index in [2.05, 4.69) is 44.8 Å². The lowest BCUT2D eigenvalue weighted by Crippen LogP contribution is -2.28. The van der Waals surface area contributed by atoms with E-state index in [9.17, 15) is 19.2 Å². The zero-order valence-electron chi connectivity index (χ0n) is 26.5. The number of benzene rings is 4. The molecule has 0 aliphatic heterocycles. The van der Waals surface area contributed by atoms with Crippen LogP contribution in [-0.2, 0) is 18.0 Å². The summed E-state index contributed by atoms with van der Waals surface area (Å²) in [7, 11) is 0. The molecule has 4 aromatic carbocycles. The van der Waals surface area contributed by atoms with Crippen molar-refractivity contribution >= 4 is 82.9 Å². The third-order valence-electron chi connectivity index (χ3n) is 7.63. The van der Waals surface area contributed by atoms with Gasteiger partial charge in [0.2, 0.25) is 0 Å². The summed E-state index contributed by atoms with van der Waals surface area (Å²) in [6, 6.07) is 21.3. The number of carbonyl (C=O) groups excluding carboxylic acids is 4. The smallest absolute Gasteiger partial charge is 0.423 e. The Hall–Kier alpha value is -4.42. The number of nitrogens with one attached hydrogen (secondary N) is 2. The van der Waals surface area contributed by atoms with Crippen LogP contribution in [0.2, 0.25) is 0 Å². The molecule has 0 aromatic heterocycles. The lowest BCUT2D eigenvalue weighted by molar-refractivity contribution is -0.144. The highest BCUT2D eigenvalue weighted by Gasteiger charge is 2.29. The van der Waals surface area contributed by atoms with Gasteiger partial charge in [-0.25, -0.2) is 9.59 Å². The van der Waals surface area contributed by atoms with Crippen molar-refractivity contribution in [1.29, 1.82) is 0 Å². The summed E-state index contributed by atoms with van der Waals surface area (Å²) < 4.78 is 19.6. The molecule has 0 atom stereocenters. The van der Waals surface area contributed by atoms with Crippen molar-refractivity contribution in [2.45, 2.75) is 54.4 Å². The van der Waals surface area contributed by atoms with E-state index in [0.29, 0.717) is 35.7 Å². The Morgan fingerprint density at radius 1 is 0.652 bits per heavy atom. The monoisotopic (exact) mass is 666 g/mol. The molecule has 244 valence electrons. The molecule has 12 heteroatoms. The van der Waals surface area contributed by atoms with Crippen LogP contribution in [0.4, 0.5) is 21.0 Å². The SMILES string of the molecule is CCC(C)(C)C(=O)Oc1ccc(NC(=O)OS)c2ccccc12.CCC(C)(C)C(=O)Oc1ccc2cc(NC(=O)OS)ccc2c1. The summed E-state index contributed by atoms with van der Waals surface area (Å²) >= 11 is 6.90. The zero-order valence-corrected chi connectivity index (χ0v) is 28.3. The van der Waals surface area contributed by atoms with E-state index in [4.69, 9.17) is 9.47 Å². The number of amides is 2. The van der Waals surface area contributed by atoms with Gasteiger partial charge in [-0.1, -0.05) is 50.2 Å². The zero-order chi connectivity index (χ0) is 34.1. The van der Waals surface area contributed by atoms with Crippen molar-refractivity contribution in [3.8, 4) is 11.5 Å². The van der Waals surface area contributed by atoms with Crippen LogP contribution >= 0.6 is 25.8 Å². The maximum absolute atomic E-state index is 12.3. The van der Waals surface area contributed by atoms with Crippen LogP contribution in [0.3, 0.4) is 0 Å². The number of hydrogen-bond donors (Lipinski definition) is 4. The van der Waals surface area contributed by atoms with Crippen LogP contribution in [0.15, 0.2) is 72.8 Å². The number of fused-ring (bicyclic) bond motifs is 2. The van der Waals surface area contributed by atoms with Gasteiger partial charge in [-0.2, -0.15) is 0 Å². The lowest BCUT2D eigenvalue weighted by atomic mass is 9.90. The molecule has 4 aromatic rings. The van der Waals surface area contributed by atoms with Gasteiger partial charge in [-0.15, -0.1) is 0 Å². The molecule has 0 aliphatic rings. The molecular weight excluding hydrogens is 629 g/mol. The molecule has 0 bridgehead atoms. The molecule has 0 radical (unpaired) electrons. The normalized spacial score (nSPS) is 11.1. The first-order valence-corrected chi connectivity index (χ1v) is 15.2. The van der Waals surface area contributed by atoms with E-state index in [1.807, 2.05) is 77.9 Å². The molecule has 46 heavy (non-hydrogen) atoms. The Morgan fingerprint density at radius 2 is 1.20 bits per heavy atom. The van der Waals surface area contributed by atoms with E-state index in [0.717, 1.165) is 21.5 Å². The number of thiol groups is 2. The quantitative estimate of drug-likeness (QED) is 0.0634. The molecule has 0 unspecified atom stereocenters. The highest BCUT2D eigenvalue weighted by molar-refractivity contribution is 7.75. The van der Waals surface area contributed by atoms with Gasteiger partial charge >= 0.3 is 24.1 Å². The van der Waals surface area contributed by atoms with Crippen LogP contribution in [0.1, 0.15) is 54.4 Å². The molecule has 0 saturated heterocycles. The first-order chi connectivity index (χ1) is 21.7. The number of rotatable bonds is 8. The molecule has 2 amide bonds. The summed E-state index contributed by atoms with van der Waals surface area (Å²) in [5.74, 6) is 0.409. The van der Waals surface area contributed by atoms with Crippen LogP contribution in [0.5, 0.6) is 11.5 Å². The van der Waals surface area contributed by atoms with Crippen molar-refractivity contribution in [1.82, 2.24) is 0 Å². The van der Waals surface area contributed by atoms with Gasteiger partial charge in [-0.3, -0.25) is 20.2 Å². The molecule has 0 heterocycles. The Labute approximate surface area is 279 Å². The second-order valence-corrected chi connectivity index (χ2v) is 12.0. The molecule has 2 N–H and O–H groups in total. The number of carbonyl (C=O) groups is 4. The average molecular weight is 667 g/mol. The highest BCUT2D eigenvalue weighted by Crippen LogP contribution is 2.34. The third kappa shape index (κ3) is 9.30. The van der Waals surface area contributed by atoms with Crippen LogP contribution in [0, 0.1) is 10.8 Å². The van der Waals surface area contributed by atoms with E-state index in [1.54, 1.807) is 36.4 Å². The summed E-state index contributed by atoms with van der Waals surface area (Å²) in [6.45, 7) is 11.3. The largest absolute Gasteiger partial charge is 0.426 e. The fraction of sp³-hybridized carbons (Fsp3) is 0.294. The van der Waals surface area contributed by atoms with Gasteiger partial charge < -0.3 is 17.8 Å². The number of esters is 2. The minimum absolute atomic E-state index is 0.255. The van der Waals surface area contributed by atoms with Gasteiger partial charge in [0.05, 0.1) is 16.5 Å². The maximum atomic E-state index is 12.3. The predicted molar refractivity (Wildman–Crippen MR) is 185 cm³/mol. The average Bonchev–Trinajstić information content (AvgIpc) is 3.05. The Balaban J connectivity index is 0.000000250. The molecular formula is C34H38N2O8S2. The fourth-order valence-corrected chi connectivity index (χ4v) is 3.97. The summed E-state index contributed by atoms with van der Waals surface area (Å²) in [4.78, 5) is 46.9. The second kappa shape index (κ2) is 15.7. The Kier molecular flexibility index (Phi) is 12.3. The minimum Gasteiger partial charge on any atom is -0.426 e. The van der Waals surface area contributed by atoms with Crippen LogP contribution in [-0.4, -0.2) is 24.1 Å². The summed E-state index contributed by atoms with van der Waals surface area (Å²) in [5.41, 5.74) is 0.0618. The molecule has 0 spiro atoms. The molecule has 0 aliphatic carbocycles. The van der Waals surface area contributed by atoms with Crippen molar-refractivity contribution < 1.29 is 37.0 Å². The van der Waals surface area contributed by atoms with Gasteiger partial charge in [0, 0.05) is 42.3 Å². The molecule has 0 fully saturated rings. The van der Waals surface area contributed by atoms with Crippen molar-refractivity contribution in [2.24, 2.45) is 10.8 Å². The van der Waals surface area contributed by atoms with Crippen LogP contribution < -0.4 is 20.1 Å². The molecule has 4 rings (SSSR count). The van der Waals surface area contributed by atoms with Gasteiger partial charge in [-0.05, 0) is 87.7 Å². The van der Waals surface area contributed by atoms with E-state index < -0.39 is 23.0 Å². The standard InChI is InChI=1S/2C17H19NO4S/c1-4-17(2,3)15(19)21-14-8-6-11-9-13(18-16(20)22-23)7-5-12(11)10-14;1-4-17(2,3)15(19)21-14-10-9-13(18-16(20)22-23)11-7-5-6-8-12(11)14/h2*5-10,23H,4H2,1-3H3,(H,18,20). The number of ether oxygens (including phenoxy) is 2. The summed E-state index contributed by atoms with van der Waals surface area (Å²) in [5, 5.41) is 8.38. The lowest BCUT2D eigenvalue weighted by Gasteiger charge is -2.21. The first kappa shape index (κ1) is 36.1. The number of anilines is 2. The van der Waals surface area contributed by atoms with Crippen molar-refractivity contribution in [3.63, 3.8) is 0 Å². The van der Waals surface area contributed by atoms with E-state index >= 15 is 0 Å². The van der Waals surface area contributed by atoms with Crippen molar-refractivity contribution in [3.05, 3.63) is 72.8 Å². The maximum Gasteiger partial charge on any atom is 0.423 e. The van der Waals surface area contributed by atoms with Gasteiger partial charge in [0.1, 0.15) is 11.5 Å². The van der Waals surface area contributed by atoms with E-state index in [1.165, 1.54) is 0 Å². The minimum atomic E-state index is -0.685. The second-order valence-electron chi connectivity index (χ2n) is 11.6. The summed E-state index contributed by atoms with van der Waals surface area (Å²) in [6.07, 6.45) is 0.0442. The highest BCUT2D eigenvalue weighted by atomic mass is 32.1. The van der Waals surface area contributed by atoms with E-state index in [-0.39, 0.29) is 11.9 Å². The fourth-order valence-electron chi connectivity index (χ4n) is 3.88. The topological polar surface area (TPSA) is 129 Å². The van der Waals surface area contributed by atoms with Gasteiger partial charge in [0.15, 0.2) is 0 Å². The van der Waals surface area contributed by atoms with Gasteiger partial charge in [0.25, 0.3) is 0 Å². The predicted octanol–water partition coefficient (Wildman–Crippen LogP) is 9.15. The molecule has 10 nitrogen and oxygen atoms in total. The van der Waals surface area contributed by atoms with Crippen LogP contribution in [0.25, 0.3) is 21.5 Å². The Morgan fingerprint density at radius 3 is 1.80 bits per heavy atom. The third-order valence-corrected chi connectivity index (χ3v) is 7.96. The Bertz CT molecular complexity index is 1740. The molecule has 0 saturated carbocycles. The van der Waals surface area contributed by atoms with Crippen molar-refractivity contribution in [2.75, 3.05) is 10.6 Å².